The van der Waals surface area contributed by atoms with Crippen LogP contribution in [-0.4, -0.2) is 24.3 Å². The summed E-state index contributed by atoms with van der Waals surface area (Å²) in [7, 11) is 1.41. The van der Waals surface area contributed by atoms with E-state index in [0.29, 0.717) is 12.8 Å². The Hall–Kier alpha value is -1.61. The van der Waals surface area contributed by atoms with Crippen LogP contribution in [-0.2, 0) is 9.53 Å². The van der Waals surface area contributed by atoms with E-state index in [1.807, 2.05) is 24.3 Å². The Bertz CT molecular complexity index is 539. The molecule has 2 fully saturated rings. The minimum Gasteiger partial charge on any atom is -0.469 e. The lowest BCUT2D eigenvalue weighted by atomic mass is 9.75. The average Bonchev–Trinajstić information content (AvgIpc) is 3.03. The predicted octanol–water partition coefficient (Wildman–Crippen LogP) is 2.91. The molecule has 2 aliphatic carbocycles. The van der Waals surface area contributed by atoms with Gasteiger partial charge in [-0.1, -0.05) is 36.4 Å². The van der Waals surface area contributed by atoms with E-state index < -0.39 is 11.5 Å². The van der Waals surface area contributed by atoms with E-state index in [9.17, 15) is 9.90 Å². The number of rotatable bonds is 3. The van der Waals surface area contributed by atoms with Crippen molar-refractivity contribution >= 4 is 5.97 Å². The number of fused-ring (bicyclic) bond motifs is 1. The molecule has 3 heteroatoms. The Morgan fingerprint density at radius 3 is 2.71 bits per heavy atom. The molecule has 3 rings (SSSR count). The van der Waals surface area contributed by atoms with Crippen LogP contribution in [0.2, 0.25) is 0 Å². The van der Waals surface area contributed by atoms with Crippen molar-refractivity contribution in [2.24, 2.45) is 17.3 Å². The fraction of sp³-hybridized carbons (Fsp3) is 0.500. The standard InChI is InChI=1S/C18H22O3/c1-3-12-11-18(17(20)21-2)14(9-10-15(18)19)16(12)13-7-5-4-6-8-13/h3-8,12,14-16,19H,1,9-11H2,2H3/t12-,14-,15+,16-,18-/m1/s1. The zero-order valence-electron chi connectivity index (χ0n) is 12.4. The Labute approximate surface area is 125 Å². The second kappa shape index (κ2) is 5.30. The molecule has 0 radical (unpaired) electrons. The smallest absolute Gasteiger partial charge is 0.314 e. The van der Waals surface area contributed by atoms with Gasteiger partial charge < -0.3 is 9.84 Å². The van der Waals surface area contributed by atoms with Crippen LogP contribution in [0.25, 0.3) is 0 Å². The van der Waals surface area contributed by atoms with Gasteiger partial charge in [0.15, 0.2) is 0 Å². The number of hydrogen-bond acceptors (Lipinski definition) is 3. The summed E-state index contributed by atoms with van der Waals surface area (Å²) in [6.45, 7) is 3.95. The van der Waals surface area contributed by atoms with E-state index in [1.54, 1.807) is 0 Å². The summed E-state index contributed by atoms with van der Waals surface area (Å²) in [5, 5.41) is 10.5. The summed E-state index contributed by atoms with van der Waals surface area (Å²) >= 11 is 0. The van der Waals surface area contributed by atoms with Crippen molar-refractivity contribution in [3.63, 3.8) is 0 Å². The maximum absolute atomic E-state index is 12.4. The quantitative estimate of drug-likeness (QED) is 0.686. The van der Waals surface area contributed by atoms with Crippen molar-refractivity contribution in [3.05, 3.63) is 48.6 Å². The van der Waals surface area contributed by atoms with Gasteiger partial charge in [0.25, 0.3) is 0 Å². The van der Waals surface area contributed by atoms with Crippen molar-refractivity contribution in [2.75, 3.05) is 7.11 Å². The van der Waals surface area contributed by atoms with Crippen molar-refractivity contribution in [1.29, 1.82) is 0 Å². The second-order valence-corrected chi connectivity index (χ2v) is 6.27. The Morgan fingerprint density at radius 2 is 2.10 bits per heavy atom. The third kappa shape index (κ3) is 1.95. The van der Waals surface area contributed by atoms with Crippen LogP contribution in [0, 0.1) is 17.3 Å². The van der Waals surface area contributed by atoms with Crippen LogP contribution in [0.15, 0.2) is 43.0 Å². The number of esters is 1. The van der Waals surface area contributed by atoms with Crippen LogP contribution in [0.1, 0.15) is 30.7 Å². The van der Waals surface area contributed by atoms with Crippen molar-refractivity contribution in [3.8, 4) is 0 Å². The molecule has 0 saturated heterocycles. The van der Waals surface area contributed by atoms with Gasteiger partial charge in [0.2, 0.25) is 0 Å². The highest BCUT2D eigenvalue weighted by Gasteiger charge is 2.64. The summed E-state index contributed by atoms with van der Waals surface area (Å²) in [4.78, 5) is 12.4. The third-order valence-electron chi connectivity index (χ3n) is 5.53. The molecular formula is C18H22O3. The molecule has 2 saturated carbocycles. The fourth-order valence-corrected chi connectivity index (χ4v) is 4.65. The van der Waals surface area contributed by atoms with E-state index in [4.69, 9.17) is 4.74 Å². The molecule has 1 aromatic rings. The Balaban J connectivity index is 2.06. The molecule has 0 aliphatic heterocycles. The molecule has 1 N–H and O–H groups in total. The van der Waals surface area contributed by atoms with E-state index in [2.05, 4.69) is 18.7 Å². The minimum atomic E-state index is -0.756. The summed E-state index contributed by atoms with van der Waals surface area (Å²) in [5.74, 6) is 0.305. The van der Waals surface area contributed by atoms with Crippen molar-refractivity contribution in [1.82, 2.24) is 0 Å². The van der Waals surface area contributed by atoms with E-state index >= 15 is 0 Å². The zero-order chi connectivity index (χ0) is 15.0. The molecule has 0 spiro atoms. The van der Waals surface area contributed by atoms with Crippen LogP contribution < -0.4 is 0 Å². The second-order valence-electron chi connectivity index (χ2n) is 6.27. The van der Waals surface area contributed by atoms with Gasteiger partial charge in [-0.25, -0.2) is 0 Å². The normalized spacial score (nSPS) is 38.0. The molecule has 21 heavy (non-hydrogen) atoms. The Morgan fingerprint density at radius 1 is 1.38 bits per heavy atom. The number of hydrogen-bond donors (Lipinski definition) is 1. The number of carbonyl (C=O) groups excluding carboxylic acids is 1. The van der Waals surface area contributed by atoms with Crippen LogP contribution in [0.3, 0.4) is 0 Å². The molecule has 1 aromatic carbocycles. The lowest BCUT2D eigenvalue weighted by molar-refractivity contribution is -0.160. The topological polar surface area (TPSA) is 46.5 Å². The number of benzene rings is 1. The van der Waals surface area contributed by atoms with Gasteiger partial charge in [0.1, 0.15) is 0 Å². The molecule has 0 unspecified atom stereocenters. The highest BCUT2D eigenvalue weighted by atomic mass is 16.5. The predicted molar refractivity (Wildman–Crippen MR) is 80.7 cm³/mol. The largest absolute Gasteiger partial charge is 0.469 e. The number of aliphatic hydroxyl groups is 1. The molecule has 0 bridgehead atoms. The van der Waals surface area contributed by atoms with E-state index in [-0.39, 0.29) is 23.7 Å². The number of carbonyl (C=O) groups is 1. The lowest BCUT2D eigenvalue weighted by Gasteiger charge is -2.31. The first-order chi connectivity index (χ1) is 10.1. The number of methoxy groups -OCH3 is 1. The van der Waals surface area contributed by atoms with Crippen LogP contribution >= 0.6 is 0 Å². The first-order valence-corrected chi connectivity index (χ1v) is 7.59. The summed E-state index contributed by atoms with van der Waals surface area (Å²) < 4.78 is 5.05. The molecule has 5 atom stereocenters. The number of allylic oxidation sites excluding steroid dienone is 1. The molecule has 2 aliphatic rings. The molecule has 0 aromatic heterocycles. The van der Waals surface area contributed by atoms with Gasteiger partial charge in [-0.2, -0.15) is 0 Å². The van der Waals surface area contributed by atoms with Crippen LogP contribution in [0.4, 0.5) is 0 Å². The zero-order valence-corrected chi connectivity index (χ0v) is 12.4. The van der Waals surface area contributed by atoms with Crippen molar-refractivity contribution < 1.29 is 14.6 Å². The van der Waals surface area contributed by atoms with Gasteiger partial charge in [0, 0.05) is 0 Å². The highest BCUT2D eigenvalue weighted by Crippen LogP contribution is 2.63. The lowest BCUT2D eigenvalue weighted by Crippen LogP contribution is -2.41. The van der Waals surface area contributed by atoms with Crippen molar-refractivity contribution in [2.45, 2.75) is 31.3 Å². The summed E-state index contributed by atoms with van der Waals surface area (Å²) in [5.41, 5.74) is 0.473. The third-order valence-corrected chi connectivity index (χ3v) is 5.53. The number of ether oxygens (including phenoxy) is 1. The molecular weight excluding hydrogens is 264 g/mol. The fourth-order valence-electron chi connectivity index (χ4n) is 4.65. The molecule has 0 amide bonds. The first-order valence-electron chi connectivity index (χ1n) is 7.59. The van der Waals surface area contributed by atoms with E-state index in [0.717, 1.165) is 6.42 Å². The number of aliphatic hydroxyl groups excluding tert-OH is 1. The average molecular weight is 286 g/mol. The Kier molecular flexibility index (Phi) is 3.62. The van der Waals surface area contributed by atoms with Gasteiger partial charge in [-0.15, -0.1) is 6.58 Å². The summed E-state index contributed by atoms with van der Waals surface area (Å²) in [6, 6.07) is 10.3. The monoisotopic (exact) mass is 286 g/mol. The van der Waals surface area contributed by atoms with Gasteiger partial charge in [-0.3, -0.25) is 4.79 Å². The minimum absolute atomic E-state index is 0.130. The van der Waals surface area contributed by atoms with E-state index in [1.165, 1.54) is 12.7 Å². The molecule has 3 nitrogen and oxygen atoms in total. The maximum Gasteiger partial charge on any atom is 0.314 e. The maximum atomic E-state index is 12.4. The molecule has 0 heterocycles. The molecule has 112 valence electrons. The summed E-state index contributed by atoms with van der Waals surface area (Å²) in [6.07, 6.45) is 3.50. The van der Waals surface area contributed by atoms with Gasteiger partial charge in [0.05, 0.1) is 18.6 Å². The highest BCUT2D eigenvalue weighted by molar-refractivity contribution is 5.79. The van der Waals surface area contributed by atoms with Crippen LogP contribution in [0.5, 0.6) is 0 Å². The van der Waals surface area contributed by atoms with Gasteiger partial charge in [-0.05, 0) is 42.6 Å². The van der Waals surface area contributed by atoms with Gasteiger partial charge >= 0.3 is 5.97 Å². The SMILES string of the molecule is C=C[C@@H]1C[C@@]2(C(=O)OC)[C@H](CC[C@@H]2O)[C@H]1c1ccccc1. The first kappa shape index (κ1) is 14.3.